The number of amides is 1. The molecule has 1 aliphatic rings. The van der Waals surface area contributed by atoms with Crippen LogP contribution >= 0.6 is 24.0 Å². The van der Waals surface area contributed by atoms with Crippen molar-refractivity contribution in [1.29, 1.82) is 0 Å². The second-order valence-electron chi connectivity index (χ2n) is 7.28. The summed E-state index contributed by atoms with van der Waals surface area (Å²) < 4.78 is 7.27. The van der Waals surface area contributed by atoms with E-state index in [0.29, 0.717) is 32.1 Å². The average molecular weight is 491 g/mol. The summed E-state index contributed by atoms with van der Waals surface area (Å²) in [4.78, 5) is 18.2. The highest BCUT2D eigenvalue weighted by Gasteiger charge is 2.34. The van der Waals surface area contributed by atoms with Gasteiger partial charge in [-0.1, -0.05) is 6.08 Å². The van der Waals surface area contributed by atoms with Gasteiger partial charge in [0.25, 0.3) is 0 Å². The number of rotatable bonds is 5. The Morgan fingerprint density at radius 1 is 1.41 bits per heavy atom. The minimum atomic E-state index is -0.484. The third-order valence-corrected chi connectivity index (χ3v) is 3.85. The molecular weight excluding hydrogens is 461 g/mol. The minimum absolute atomic E-state index is 0. The van der Waals surface area contributed by atoms with Gasteiger partial charge in [-0.15, -0.1) is 40.8 Å². The highest BCUT2D eigenvalue weighted by molar-refractivity contribution is 14.0. The van der Waals surface area contributed by atoms with Gasteiger partial charge in [0.1, 0.15) is 18.0 Å². The number of hydrogen-bond acceptors (Lipinski definition) is 5. The molecule has 27 heavy (non-hydrogen) atoms. The first kappa shape index (κ1) is 23.2. The molecule has 9 nitrogen and oxygen atoms in total. The van der Waals surface area contributed by atoms with Crippen molar-refractivity contribution in [2.45, 2.75) is 45.9 Å². The average Bonchev–Trinajstić information content (AvgIpc) is 2.82. The van der Waals surface area contributed by atoms with Crippen molar-refractivity contribution in [3.8, 4) is 0 Å². The number of aryl methyl sites for hydroxylation is 1. The van der Waals surface area contributed by atoms with Crippen LogP contribution in [0.2, 0.25) is 0 Å². The fourth-order valence-corrected chi connectivity index (χ4v) is 2.30. The van der Waals surface area contributed by atoms with Crippen LogP contribution in [0.15, 0.2) is 17.6 Å². The second-order valence-corrected chi connectivity index (χ2v) is 7.28. The first-order valence-corrected chi connectivity index (χ1v) is 8.68. The Hall–Kier alpha value is -1.85. The normalized spacial score (nSPS) is 14.9. The Labute approximate surface area is 177 Å². The minimum Gasteiger partial charge on any atom is -0.444 e. The molecule has 152 valence electrons. The van der Waals surface area contributed by atoms with Crippen molar-refractivity contribution in [3.05, 3.63) is 24.3 Å². The van der Waals surface area contributed by atoms with Crippen LogP contribution in [0.25, 0.3) is 0 Å². The van der Waals surface area contributed by atoms with Gasteiger partial charge >= 0.3 is 6.09 Å². The van der Waals surface area contributed by atoms with Gasteiger partial charge in [-0.2, -0.15) is 0 Å². The molecule has 0 unspecified atom stereocenters. The van der Waals surface area contributed by atoms with Crippen molar-refractivity contribution in [2.75, 3.05) is 19.6 Å². The van der Waals surface area contributed by atoms with E-state index in [9.17, 15) is 4.79 Å². The third kappa shape index (κ3) is 7.00. The predicted octanol–water partition coefficient (Wildman–Crippen LogP) is 1.58. The lowest BCUT2D eigenvalue weighted by Crippen LogP contribution is -2.63. The SMILES string of the molecule is C=CCNC(=NCc1nnc(C)n1C)NC1CN(C(=O)OC(C)(C)C)C1.I. The first-order valence-electron chi connectivity index (χ1n) is 8.68. The van der Waals surface area contributed by atoms with E-state index in [1.165, 1.54) is 0 Å². The lowest BCUT2D eigenvalue weighted by molar-refractivity contribution is 0.00701. The van der Waals surface area contributed by atoms with Crippen LogP contribution in [0.1, 0.15) is 32.4 Å². The highest BCUT2D eigenvalue weighted by Crippen LogP contribution is 2.15. The topological polar surface area (TPSA) is 96.7 Å². The fourth-order valence-electron chi connectivity index (χ4n) is 2.30. The van der Waals surface area contributed by atoms with E-state index in [1.54, 1.807) is 11.0 Å². The molecule has 2 heterocycles. The summed E-state index contributed by atoms with van der Waals surface area (Å²) >= 11 is 0. The molecule has 1 amide bonds. The molecule has 1 aromatic rings. The number of ether oxygens (including phenoxy) is 1. The molecule has 0 saturated carbocycles. The van der Waals surface area contributed by atoms with Crippen LogP contribution in [0.3, 0.4) is 0 Å². The van der Waals surface area contributed by atoms with E-state index in [1.807, 2.05) is 39.3 Å². The van der Waals surface area contributed by atoms with Crippen molar-refractivity contribution >= 4 is 36.0 Å². The Morgan fingerprint density at radius 3 is 2.59 bits per heavy atom. The maximum absolute atomic E-state index is 12.0. The number of carbonyl (C=O) groups excluding carboxylic acids is 1. The molecule has 0 aliphatic carbocycles. The summed E-state index contributed by atoms with van der Waals surface area (Å²) in [6.07, 6.45) is 1.47. The van der Waals surface area contributed by atoms with E-state index < -0.39 is 5.60 Å². The zero-order valence-corrected chi connectivity index (χ0v) is 19.0. The number of carbonyl (C=O) groups is 1. The van der Waals surface area contributed by atoms with Gasteiger partial charge in [0.2, 0.25) is 0 Å². The molecule has 0 aromatic carbocycles. The van der Waals surface area contributed by atoms with Gasteiger partial charge < -0.3 is 24.8 Å². The van der Waals surface area contributed by atoms with Gasteiger partial charge in [-0.05, 0) is 27.7 Å². The summed E-state index contributed by atoms with van der Waals surface area (Å²) in [6, 6.07) is 0.125. The zero-order valence-electron chi connectivity index (χ0n) is 16.7. The zero-order chi connectivity index (χ0) is 19.3. The van der Waals surface area contributed by atoms with Crippen molar-refractivity contribution in [3.63, 3.8) is 0 Å². The molecule has 0 spiro atoms. The summed E-state index contributed by atoms with van der Waals surface area (Å²) in [5, 5.41) is 14.6. The van der Waals surface area contributed by atoms with Crippen LogP contribution in [0.4, 0.5) is 4.79 Å². The van der Waals surface area contributed by atoms with Crippen LogP contribution in [-0.4, -0.2) is 63.0 Å². The lowest BCUT2D eigenvalue weighted by Gasteiger charge is -2.40. The molecule has 1 saturated heterocycles. The molecule has 1 aromatic heterocycles. The molecule has 1 aliphatic heterocycles. The van der Waals surface area contributed by atoms with Gasteiger partial charge in [0.15, 0.2) is 11.8 Å². The van der Waals surface area contributed by atoms with E-state index in [-0.39, 0.29) is 36.1 Å². The number of aliphatic imine (C=N–C) groups is 1. The largest absolute Gasteiger partial charge is 0.444 e. The van der Waals surface area contributed by atoms with E-state index in [2.05, 4.69) is 32.4 Å². The summed E-state index contributed by atoms with van der Waals surface area (Å²) in [5.74, 6) is 2.28. The van der Waals surface area contributed by atoms with Gasteiger partial charge in [-0.25, -0.2) is 9.79 Å². The summed E-state index contributed by atoms with van der Waals surface area (Å²) in [6.45, 7) is 13.3. The van der Waals surface area contributed by atoms with Crippen LogP contribution < -0.4 is 10.6 Å². The lowest BCUT2D eigenvalue weighted by atomic mass is 10.1. The number of guanidine groups is 1. The number of nitrogens with one attached hydrogen (secondary N) is 2. The van der Waals surface area contributed by atoms with Crippen molar-refractivity contribution in [2.24, 2.45) is 12.0 Å². The number of halogens is 1. The number of likely N-dealkylation sites (tertiary alicyclic amines) is 1. The predicted molar refractivity (Wildman–Crippen MR) is 115 cm³/mol. The van der Waals surface area contributed by atoms with Crippen molar-refractivity contribution in [1.82, 2.24) is 30.3 Å². The van der Waals surface area contributed by atoms with E-state index >= 15 is 0 Å². The number of aromatic nitrogens is 3. The molecule has 0 bridgehead atoms. The van der Waals surface area contributed by atoms with Crippen LogP contribution in [0.5, 0.6) is 0 Å². The fraction of sp³-hybridized carbons (Fsp3) is 0.647. The Bertz CT molecular complexity index is 675. The molecule has 1 fully saturated rings. The van der Waals surface area contributed by atoms with Gasteiger partial charge in [0.05, 0.1) is 6.04 Å². The summed E-state index contributed by atoms with van der Waals surface area (Å²) in [5.41, 5.74) is -0.484. The Balaban J connectivity index is 0.00000364. The molecule has 2 N–H and O–H groups in total. The highest BCUT2D eigenvalue weighted by atomic mass is 127. The molecule has 0 atom stereocenters. The molecular formula is C17H30IN7O2. The van der Waals surface area contributed by atoms with E-state index in [4.69, 9.17) is 4.74 Å². The quantitative estimate of drug-likeness (QED) is 0.281. The monoisotopic (exact) mass is 491 g/mol. The summed E-state index contributed by atoms with van der Waals surface area (Å²) in [7, 11) is 1.91. The first-order chi connectivity index (χ1) is 12.2. The van der Waals surface area contributed by atoms with Crippen LogP contribution in [0, 0.1) is 6.92 Å². The Morgan fingerprint density at radius 2 is 2.07 bits per heavy atom. The van der Waals surface area contributed by atoms with E-state index in [0.717, 1.165) is 11.6 Å². The molecule has 0 radical (unpaired) electrons. The molecule has 2 rings (SSSR count). The van der Waals surface area contributed by atoms with Gasteiger partial charge in [-0.3, -0.25) is 0 Å². The number of hydrogen-bond donors (Lipinski definition) is 2. The maximum Gasteiger partial charge on any atom is 0.410 e. The number of nitrogens with zero attached hydrogens (tertiary/aromatic N) is 5. The maximum atomic E-state index is 12.0. The van der Waals surface area contributed by atoms with Gasteiger partial charge in [0, 0.05) is 26.7 Å². The molecule has 10 heteroatoms. The Kier molecular flexibility index (Phi) is 8.51. The van der Waals surface area contributed by atoms with Crippen molar-refractivity contribution < 1.29 is 9.53 Å². The second kappa shape index (κ2) is 9.90. The standard InChI is InChI=1S/C17H29N7O2.HI/c1-7-8-18-15(19-9-14-22-21-12(2)23(14)6)20-13-10-24(11-13)16(25)26-17(3,4)5;/h7,13H,1,8-11H2,2-6H3,(H2,18,19,20);1H. The third-order valence-electron chi connectivity index (χ3n) is 3.85. The smallest absolute Gasteiger partial charge is 0.410 e. The van der Waals surface area contributed by atoms with Crippen LogP contribution in [-0.2, 0) is 18.3 Å².